The van der Waals surface area contributed by atoms with Crippen LogP contribution < -0.4 is 58.5 Å². The molecule has 147 heavy (non-hydrogen) atoms. The van der Waals surface area contributed by atoms with Crippen molar-refractivity contribution in [2.24, 2.45) is 0 Å². The number of imidazole rings is 5. The van der Waals surface area contributed by atoms with Gasteiger partial charge in [0.2, 0.25) is 29.7 Å². The van der Waals surface area contributed by atoms with Gasteiger partial charge in [0.05, 0.1) is 31.6 Å². The SMILES string of the molecule is CCN1CCN(CCCn2cnc3c(N4CCN(CC)CC4)nc(N)nc32)CC1.CCN1CCN(CCCn2cnc3c(N4CCN(CC)CC4)nc(NCc4ccc(C)cc4)nc32)CC1.CCN1CCN(c2nc(N)nc3c2ncn3CCCCl)CC1.CCN1CCN(c2nc(N)nc3nc[nH]c23)CC1.CCN1CCNCC1.CCN1CCNCC1.Cc1ccc(C=O)cc1.ClCCCBr.Nc1nc(Cl)c2[nH]cnc2n1. The normalized spacial score (nSPS) is 17.3. The van der Waals surface area contributed by atoms with E-state index in [2.05, 4.69) is 266 Å². The second kappa shape index (κ2) is 61.9. The molecule has 42 nitrogen and oxygen atoms in total. The van der Waals surface area contributed by atoms with Crippen molar-refractivity contribution >= 4 is 166 Å². The van der Waals surface area contributed by atoms with E-state index in [4.69, 9.17) is 72.7 Å². The molecule has 13 N–H and O–H groups in total. The van der Waals surface area contributed by atoms with E-state index in [1.165, 1.54) is 141 Å². The Morgan fingerprint density at radius 3 is 1.04 bits per heavy atom. The van der Waals surface area contributed by atoms with Crippen molar-refractivity contribution in [2.45, 2.75) is 121 Å². The fourth-order valence-corrected chi connectivity index (χ4v) is 19.6. The molecule has 46 heteroatoms. The summed E-state index contributed by atoms with van der Waals surface area (Å²) in [4.78, 5) is 116. The molecule has 0 bridgehead atoms. The fourth-order valence-electron chi connectivity index (χ4n) is 18.5. The number of hydrogen-bond acceptors (Lipinski definition) is 37. The number of fused-ring (bicyclic) bond motifs is 5. The lowest BCUT2D eigenvalue weighted by Gasteiger charge is -2.34. The number of nitrogens with one attached hydrogen (secondary N) is 5. The van der Waals surface area contributed by atoms with E-state index >= 15 is 0 Å². The predicted molar refractivity (Wildman–Crippen MR) is 605 cm³/mol. The summed E-state index contributed by atoms with van der Waals surface area (Å²) in [6, 6.07) is 16.1. The molecule has 18 heterocycles. The number of aldehydes is 1. The van der Waals surface area contributed by atoms with Gasteiger partial charge >= 0.3 is 0 Å². The summed E-state index contributed by atoms with van der Waals surface area (Å²) in [5, 5.41) is 11.4. The maximum atomic E-state index is 10.1. The maximum Gasteiger partial charge on any atom is 0.227 e. The van der Waals surface area contributed by atoms with Crippen LogP contribution in [0, 0.1) is 13.8 Å². The number of nitrogens with zero attached hydrogens (tertiary/aromatic N) is 32. The molecule has 12 aromatic rings. The number of carbonyl (C=O) groups is 1. The van der Waals surface area contributed by atoms with Crippen molar-refractivity contribution < 1.29 is 4.79 Å². The van der Waals surface area contributed by atoms with E-state index in [0.717, 1.165) is 288 Å². The second-order valence-corrected chi connectivity index (χ2v) is 39.4. The number of benzene rings is 2. The van der Waals surface area contributed by atoms with Gasteiger partial charge in [-0.25, -0.2) is 24.9 Å². The van der Waals surface area contributed by atoms with E-state index in [0.29, 0.717) is 52.2 Å². The van der Waals surface area contributed by atoms with Gasteiger partial charge in [0, 0.05) is 258 Å². The number of aryl methyl sites for hydroxylation is 5. The number of piperazine rings is 8. The summed E-state index contributed by atoms with van der Waals surface area (Å²) in [6.07, 6.45) is 13.8. The molecular formula is C101H163BrCl3N41O. The Hall–Kier alpha value is -10.1. The summed E-state index contributed by atoms with van der Waals surface area (Å²) in [5.41, 5.74) is 35.3. The Bertz CT molecular complexity index is 5730. The van der Waals surface area contributed by atoms with E-state index in [-0.39, 0.29) is 11.9 Å². The number of aromatic amines is 2. The topological polar surface area (TPSA) is 442 Å². The van der Waals surface area contributed by atoms with Crippen molar-refractivity contribution in [1.82, 2.24) is 158 Å². The maximum absolute atomic E-state index is 10.1. The molecule has 20 rings (SSSR count). The van der Waals surface area contributed by atoms with Crippen molar-refractivity contribution in [2.75, 3.05) is 340 Å². The van der Waals surface area contributed by atoms with Crippen LogP contribution in [0.2, 0.25) is 5.15 Å². The highest BCUT2D eigenvalue weighted by atomic mass is 79.9. The molecule has 806 valence electrons. The Kier molecular flexibility index (Phi) is 48.7. The number of nitrogens with two attached hydrogens (primary N) is 4. The molecular weight excluding hydrogens is 1990 g/mol. The first-order valence-electron chi connectivity index (χ1n) is 53.1. The predicted octanol–water partition coefficient (Wildman–Crippen LogP) is 8.98. The third kappa shape index (κ3) is 35.5. The van der Waals surface area contributed by atoms with Gasteiger partial charge in [0.25, 0.3) is 0 Å². The zero-order valence-corrected chi connectivity index (χ0v) is 92.5. The summed E-state index contributed by atoms with van der Waals surface area (Å²) < 4.78 is 6.37. The van der Waals surface area contributed by atoms with Crippen LogP contribution in [0.1, 0.15) is 108 Å². The molecule has 0 radical (unpaired) electrons. The number of nitrogen functional groups attached to an aromatic ring is 4. The molecule has 8 aliphatic heterocycles. The molecule has 8 fully saturated rings. The summed E-state index contributed by atoms with van der Waals surface area (Å²) >= 11 is 20.0. The lowest BCUT2D eigenvalue weighted by atomic mass is 10.1. The smallest absolute Gasteiger partial charge is 0.227 e. The van der Waals surface area contributed by atoms with Crippen LogP contribution in [0.15, 0.2) is 80.2 Å². The number of hydrogen-bond donors (Lipinski definition) is 9. The third-order valence-corrected chi connectivity index (χ3v) is 29.2. The number of carbonyl (C=O) groups excluding carboxylic acids is 1. The first kappa shape index (κ1) is 116. The molecule has 10 aromatic heterocycles. The molecule has 0 atom stereocenters. The van der Waals surface area contributed by atoms with Gasteiger partial charge in [-0.05, 0) is 111 Å². The number of alkyl halides is 3. The number of H-pyrrole nitrogens is 2. The van der Waals surface area contributed by atoms with Crippen LogP contribution in [0.3, 0.4) is 0 Å². The molecule has 2 aromatic carbocycles. The second-order valence-electron chi connectivity index (χ2n) is 37.4. The van der Waals surface area contributed by atoms with Crippen LogP contribution in [-0.4, -0.2) is 446 Å². The van der Waals surface area contributed by atoms with Crippen LogP contribution in [0.4, 0.5) is 53.0 Å². The third-order valence-electron chi connectivity index (χ3n) is 27.9. The van der Waals surface area contributed by atoms with Crippen molar-refractivity contribution in [3.63, 3.8) is 0 Å². The minimum Gasteiger partial charge on any atom is -0.368 e. The fraction of sp³-hybridized carbons (Fsp3) is 0.624. The first-order chi connectivity index (χ1) is 71.7. The Balaban J connectivity index is 0.000000157. The van der Waals surface area contributed by atoms with Gasteiger partial charge in [0.15, 0.2) is 73.2 Å². The van der Waals surface area contributed by atoms with E-state index in [1.807, 2.05) is 48.4 Å². The Labute approximate surface area is 891 Å². The average Bonchev–Trinajstić information content (AvgIpc) is 1.65. The molecule has 0 spiro atoms. The van der Waals surface area contributed by atoms with Crippen molar-refractivity contribution in [3.8, 4) is 0 Å². The number of rotatable bonds is 29. The Morgan fingerprint density at radius 2 is 0.673 bits per heavy atom. The van der Waals surface area contributed by atoms with Crippen LogP contribution in [0.5, 0.6) is 0 Å². The molecule has 0 unspecified atom stereocenters. The highest BCUT2D eigenvalue weighted by Gasteiger charge is 2.29. The standard InChI is InChI=1S/C28H43N9.C20H35N9.C14H22ClN7.C11H17N7.C8H8O.2C6H14N2.C5H4ClN5.C3H6BrCl/c1-4-33-13-15-35(16-14-33)11-6-12-37-22-30-25-26(36-19-17-34(5-2)18-20-36)31-28(32-27(25)37)29-21-24-9-7-23(3)8-10-24;1-3-25-8-10-27(11-9-25)6-5-7-29-16-22-17-18(23-20(21)24-19(17)29)28-14-12-26(4-2)13-15-28;1-2-20-6-8-21(9-7-20)12-11-13(19-14(16)18-12)22(10-17-11)5-3-4-15;1-2-17-3-5-18(6-4-17)10-8-9(14-7-13-8)15-11(12)16-10;1-7-2-4-8(6-9)5-3-7;2*1-2-8-5-3-7-4-6-8;6-3-2-4(9-1-8-2)11-5(7)10-3;4-2-1-3-5/h7-10,22H,4-6,11-21H2,1-3H3,(H,29,31,32);16H,3-15H2,1-2H3,(H2,21,23,24);10H,2-9H2,1H3,(H2,16,18,19);7H,2-6H2,1H3,(H3,12,13,14,15,16);2-6H,1H3;2*7H,2-6H2,1H3;1H,(H3,7,8,9,10,11);1-3H2. The van der Waals surface area contributed by atoms with Gasteiger partial charge in [-0.1, -0.05) is 143 Å². The number of anilines is 9. The van der Waals surface area contributed by atoms with Gasteiger partial charge in [0.1, 0.15) is 17.3 Å². The van der Waals surface area contributed by atoms with Crippen LogP contribution >= 0.6 is 50.7 Å². The highest BCUT2D eigenvalue weighted by Crippen LogP contribution is 2.31. The summed E-state index contributed by atoms with van der Waals surface area (Å²) in [6.45, 7) is 71.6. The summed E-state index contributed by atoms with van der Waals surface area (Å²) in [5.74, 6) is 6.68. The van der Waals surface area contributed by atoms with Crippen LogP contribution in [-0.2, 0) is 26.2 Å². The largest absolute Gasteiger partial charge is 0.368 e. The van der Waals surface area contributed by atoms with E-state index < -0.39 is 0 Å². The van der Waals surface area contributed by atoms with Crippen molar-refractivity contribution in [1.29, 1.82) is 0 Å². The quantitative estimate of drug-likeness (QED) is 0.0120. The van der Waals surface area contributed by atoms with Crippen LogP contribution in [0.25, 0.3) is 55.8 Å². The van der Waals surface area contributed by atoms with Gasteiger partial charge < -0.3 is 131 Å². The zero-order valence-electron chi connectivity index (χ0n) is 88.6. The van der Waals surface area contributed by atoms with E-state index in [9.17, 15) is 4.79 Å². The Morgan fingerprint density at radius 1 is 0.354 bits per heavy atom. The zero-order chi connectivity index (χ0) is 104. The molecule has 0 aliphatic carbocycles. The highest BCUT2D eigenvalue weighted by molar-refractivity contribution is 9.09. The minimum absolute atomic E-state index is 0.134. The lowest BCUT2D eigenvalue weighted by Crippen LogP contribution is -2.46. The van der Waals surface area contributed by atoms with Gasteiger partial charge in [-0.15, -0.1) is 23.2 Å². The number of aromatic nitrogens is 20. The number of likely N-dealkylation sites (N-methyl/N-ethyl adjacent to an activating group) is 8. The molecule has 0 amide bonds. The monoisotopic (exact) mass is 2150 g/mol. The van der Waals surface area contributed by atoms with Gasteiger partial charge in [-0.2, -0.15) is 49.8 Å². The number of halogens is 4. The first-order valence-corrected chi connectivity index (χ1v) is 55.7. The minimum atomic E-state index is 0.134. The summed E-state index contributed by atoms with van der Waals surface area (Å²) in [7, 11) is 0. The molecule has 8 saturated heterocycles. The average molecular weight is 2150 g/mol. The molecule has 8 aliphatic rings. The molecule has 0 saturated carbocycles. The van der Waals surface area contributed by atoms with E-state index in [1.54, 1.807) is 12.7 Å². The van der Waals surface area contributed by atoms with Crippen molar-refractivity contribution in [3.05, 3.63) is 108 Å². The van der Waals surface area contributed by atoms with Gasteiger partial charge in [-0.3, -0.25) is 4.79 Å². The lowest BCUT2D eigenvalue weighted by molar-refractivity contribution is 0.112.